The van der Waals surface area contributed by atoms with Gasteiger partial charge in [0.25, 0.3) is 5.56 Å². The second-order valence-electron chi connectivity index (χ2n) is 4.37. The lowest BCUT2D eigenvalue weighted by atomic mass is 10.1. The number of benzene rings is 1. The van der Waals surface area contributed by atoms with E-state index >= 15 is 0 Å². The SMILES string of the molecule is Cc1cc(=O)n(Cc2ccc(C(=O)O)cc2)c(C)n1. The molecule has 2 rings (SSSR count). The molecule has 0 saturated heterocycles. The van der Waals surface area contributed by atoms with Gasteiger partial charge in [-0.2, -0.15) is 0 Å². The fraction of sp³-hybridized carbons (Fsp3) is 0.214. The first-order valence-electron chi connectivity index (χ1n) is 5.84. The normalized spacial score (nSPS) is 10.4. The Kier molecular flexibility index (Phi) is 3.46. The molecule has 0 saturated carbocycles. The number of carboxylic acids is 1. The number of aromatic carboxylic acids is 1. The van der Waals surface area contributed by atoms with Gasteiger partial charge in [-0.25, -0.2) is 9.78 Å². The topological polar surface area (TPSA) is 72.2 Å². The molecule has 0 unspecified atom stereocenters. The maximum atomic E-state index is 11.9. The van der Waals surface area contributed by atoms with Gasteiger partial charge in [-0.3, -0.25) is 9.36 Å². The third-order valence-corrected chi connectivity index (χ3v) is 2.87. The van der Waals surface area contributed by atoms with Crippen LogP contribution in [0.2, 0.25) is 0 Å². The molecule has 0 bridgehead atoms. The highest BCUT2D eigenvalue weighted by Crippen LogP contribution is 2.06. The molecule has 1 aromatic heterocycles. The Balaban J connectivity index is 2.31. The van der Waals surface area contributed by atoms with Crippen molar-refractivity contribution in [2.24, 2.45) is 0 Å². The van der Waals surface area contributed by atoms with Gasteiger partial charge in [0.1, 0.15) is 5.82 Å². The second kappa shape index (κ2) is 5.06. The molecule has 2 aromatic rings. The second-order valence-corrected chi connectivity index (χ2v) is 4.37. The predicted octanol–water partition coefficient (Wildman–Crippen LogP) is 1.61. The van der Waals surface area contributed by atoms with Crippen LogP contribution in [-0.2, 0) is 6.54 Å². The van der Waals surface area contributed by atoms with E-state index in [-0.39, 0.29) is 11.1 Å². The summed E-state index contributed by atoms with van der Waals surface area (Å²) in [5, 5.41) is 8.82. The van der Waals surface area contributed by atoms with Crippen molar-refractivity contribution < 1.29 is 9.90 Å². The maximum absolute atomic E-state index is 11.9. The Bertz CT molecular complexity index is 672. The standard InChI is InChI=1S/C14H14N2O3/c1-9-7-13(17)16(10(2)15-9)8-11-3-5-12(6-4-11)14(18)19/h3-7H,8H2,1-2H3,(H,18,19). The summed E-state index contributed by atoms with van der Waals surface area (Å²) in [6.07, 6.45) is 0. The van der Waals surface area contributed by atoms with Crippen LogP contribution in [0.15, 0.2) is 35.1 Å². The summed E-state index contributed by atoms with van der Waals surface area (Å²) < 4.78 is 1.56. The summed E-state index contributed by atoms with van der Waals surface area (Å²) >= 11 is 0. The summed E-state index contributed by atoms with van der Waals surface area (Å²) in [5.74, 6) is -0.316. The molecule has 5 heteroatoms. The summed E-state index contributed by atoms with van der Waals surface area (Å²) in [7, 11) is 0. The van der Waals surface area contributed by atoms with Gasteiger partial charge in [0, 0.05) is 11.8 Å². The van der Waals surface area contributed by atoms with Crippen LogP contribution in [0.1, 0.15) is 27.4 Å². The van der Waals surface area contributed by atoms with Gasteiger partial charge in [0.05, 0.1) is 12.1 Å². The van der Waals surface area contributed by atoms with Gasteiger partial charge in [0.2, 0.25) is 0 Å². The average molecular weight is 258 g/mol. The Morgan fingerprint density at radius 3 is 2.42 bits per heavy atom. The van der Waals surface area contributed by atoms with Crippen molar-refractivity contribution >= 4 is 5.97 Å². The highest BCUT2D eigenvalue weighted by Gasteiger charge is 2.05. The van der Waals surface area contributed by atoms with E-state index in [9.17, 15) is 9.59 Å². The fourth-order valence-corrected chi connectivity index (χ4v) is 1.89. The van der Waals surface area contributed by atoms with Crippen LogP contribution in [0.3, 0.4) is 0 Å². The molecule has 5 nitrogen and oxygen atoms in total. The minimum Gasteiger partial charge on any atom is -0.478 e. The third kappa shape index (κ3) is 2.88. The number of aromatic nitrogens is 2. The minimum absolute atomic E-state index is 0.104. The lowest BCUT2D eigenvalue weighted by molar-refractivity contribution is 0.0697. The summed E-state index contributed by atoms with van der Waals surface area (Å²) in [6, 6.07) is 7.95. The van der Waals surface area contributed by atoms with Gasteiger partial charge in [0.15, 0.2) is 0 Å². The third-order valence-electron chi connectivity index (χ3n) is 2.87. The monoisotopic (exact) mass is 258 g/mol. The number of carboxylic acid groups (broad SMARTS) is 1. The zero-order valence-electron chi connectivity index (χ0n) is 10.8. The van der Waals surface area contributed by atoms with Crippen LogP contribution >= 0.6 is 0 Å². The summed E-state index contributed by atoms with van der Waals surface area (Å²) in [6.45, 7) is 3.94. The highest BCUT2D eigenvalue weighted by molar-refractivity contribution is 5.87. The van der Waals surface area contributed by atoms with Crippen molar-refractivity contribution in [2.75, 3.05) is 0 Å². The lowest BCUT2D eigenvalue weighted by Crippen LogP contribution is -2.24. The molecular weight excluding hydrogens is 244 g/mol. The van der Waals surface area contributed by atoms with Crippen molar-refractivity contribution in [1.82, 2.24) is 9.55 Å². The first kappa shape index (κ1) is 13.0. The average Bonchev–Trinajstić information content (AvgIpc) is 2.34. The zero-order chi connectivity index (χ0) is 14.0. The molecule has 1 aromatic carbocycles. The quantitative estimate of drug-likeness (QED) is 0.907. The molecule has 0 aliphatic carbocycles. The molecule has 0 spiro atoms. The Morgan fingerprint density at radius 2 is 1.89 bits per heavy atom. The van der Waals surface area contributed by atoms with Gasteiger partial charge in [-0.15, -0.1) is 0 Å². The molecule has 1 N–H and O–H groups in total. The van der Waals surface area contributed by atoms with E-state index in [1.54, 1.807) is 30.5 Å². The van der Waals surface area contributed by atoms with Crippen molar-refractivity contribution in [2.45, 2.75) is 20.4 Å². The number of carbonyl (C=O) groups is 1. The molecular formula is C14H14N2O3. The molecule has 0 aliphatic heterocycles. The van der Waals surface area contributed by atoms with E-state index in [4.69, 9.17) is 5.11 Å². The van der Waals surface area contributed by atoms with Crippen molar-refractivity contribution in [3.8, 4) is 0 Å². The fourth-order valence-electron chi connectivity index (χ4n) is 1.89. The molecule has 0 fully saturated rings. The van der Waals surface area contributed by atoms with Gasteiger partial charge in [-0.05, 0) is 31.5 Å². The smallest absolute Gasteiger partial charge is 0.335 e. The van der Waals surface area contributed by atoms with Crippen molar-refractivity contribution in [1.29, 1.82) is 0 Å². The van der Waals surface area contributed by atoms with E-state index in [1.807, 2.05) is 0 Å². The molecule has 0 radical (unpaired) electrons. The number of hydrogen-bond acceptors (Lipinski definition) is 3. The Morgan fingerprint density at radius 1 is 1.26 bits per heavy atom. The first-order valence-corrected chi connectivity index (χ1v) is 5.84. The highest BCUT2D eigenvalue weighted by atomic mass is 16.4. The van der Waals surface area contributed by atoms with Gasteiger partial charge < -0.3 is 5.11 Å². The molecule has 19 heavy (non-hydrogen) atoms. The van der Waals surface area contributed by atoms with Crippen molar-refractivity contribution in [3.63, 3.8) is 0 Å². The van der Waals surface area contributed by atoms with Crippen LogP contribution < -0.4 is 5.56 Å². The maximum Gasteiger partial charge on any atom is 0.335 e. The zero-order valence-corrected chi connectivity index (χ0v) is 10.8. The summed E-state index contributed by atoms with van der Waals surface area (Å²) in [5.41, 5.74) is 1.68. The van der Waals surface area contributed by atoms with E-state index < -0.39 is 5.97 Å². The summed E-state index contributed by atoms with van der Waals surface area (Å²) in [4.78, 5) is 26.9. The van der Waals surface area contributed by atoms with E-state index in [0.717, 1.165) is 5.56 Å². The molecule has 1 heterocycles. The number of hydrogen-bond donors (Lipinski definition) is 1. The molecule has 98 valence electrons. The predicted molar refractivity (Wildman–Crippen MR) is 70.5 cm³/mol. The Hall–Kier alpha value is -2.43. The van der Waals surface area contributed by atoms with Crippen LogP contribution in [0.4, 0.5) is 0 Å². The molecule has 0 aliphatic rings. The van der Waals surface area contributed by atoms with Crippen LogP contribution in [-0.4, -0.2) is 20.6 Å². The largest absolute Gasteiger partial charge is 0.478 e. The van der Waals surface area contributed by atoms with Crippen LogP contribution in [0.5, 0.6) is 0 Å². The first-order chi connectivity index (χ1) is 8.97. The van der Waals surface area contributed by atoms with Gasteiger partial charge in [-0.1, -0.05) is 12.1 Å². The van der Waals surface area contributed by atoms with Crippen LogP contribution in [0, 0.1) is 13.8 Å². The Labute approximate surface area is 110 Å². The van der Waals surface area contributed by atoms with E-state index in [1.165, 1.54) is 18.2 Å². The number of rotatable bonds is 3. The molecule has 0 atom stereocenters. The number of nitrogens with zero attached hydrogens (tertiary/aromatic N) is 2. The molecule has 0 amide bonds. The lowest BCUT2D eigenvalue weighted by Gasteiger charge is -2.09. The van der Waals surface area contributed by atoms with Crippen molar-refractivity contribution in [3.05, 3.63) is 63.3 Å². The van der Waals surface area contributed by atoms with Crippen LogP contribution in [0.25, 0.3) is 0 Å². The van der Waals surface area contributed by atoms with E-state index in [2.05, 4.69) is 4.98 Å². The van der Waals surface area contributed by atoms with Gasteiger partial charge >= 0.3 is 5.97 Å². The van der Waals surface area contributed by atoms with E-state index in [0.29, 0.717) is 18.1 Å². The minimum atomic E-state index is -0.961. The number of aryl methyl sites for hydroxylation is 2.